The molecule has 1 aliphatic rings. The van der Waals surface area contributed by atoms with Crippen LogP contribution in [0.1, 0.15) is 10.4 Å². The number of sulfonamides is 1. The minimum absolute atomic E-state index is 0.146. The molecule has 0 atom stereocenters. The Hall–Kier alpha value is -3.16. The highest BCUT2D eigenvalue weighted by molar-refractivity contribution is 7.89. The Morgan fingerprint density at radius 3 is 2.06 bits per heavy atom. The fourth-order valence-corrected chi connectivity index (χ4v) is 5.20. The third-order valence-corrected chi connectivity index (χ3v) is 7.42. The summed E-state index contributed by atoms with van der Waals surface area (Å²) in [7, 11) is -2.00. The number of piperazine rings is 1. The quantitative estimate of drug-likeness (QED) is 0.616. The van der Waals surface area contributed by atoms with Crippen LogP contribution in [0, 0.1) is 0 Å². The van der Waals surface area contributed by atoms with Gasteiger partial charge in [0.2, 0.25) is 10.0 Å². The van der Waals surface area contributed by atoms with Gasteiger partial charge in [0.1, 0.15) is 0 Å². The molecule has 3 aromatic carbocycles. The summed E-state index contributed by atoms with van der Waals surface area (Å²) in [5.41, 5.74) is 2.18. The highest BCUT2D eigenvalue weighted by Gasteiger charge is 2.29. The first-order valence-corrected chi connectivity index (χ1v) is 11.6. The second-order valence-corrected chi connectivity index (χ2v) is 9.39. The van der Waals surface area contributed by atoms with Gasteiger partial charge in [0.25, 0.3) is 5.91 Å². The van der Waals surface area contributed by atoms with Gasteiger partial charge in [-0.25, -0.2) is 8.42 Å². The number of para-hydroxylation sites is 2. The van der Waals surface area contributed by atoms with Crippen molar-refractivity contribution in [2.75, 3.05) is 43.0 Å². The number of benzene rings is 3. The molecule has 4 rings (SSSR count). The maximum atomic E-state index is 13.2. The van der Waals surface area contributed by atoms with Gasteiger partial charge in [-0.15, -0.1) is 0 Å². The van der Waals surface area contributed by atoms with Crippen molar-refractivity contribution in [2.24, 2.45) is 0 Å². The van der Waals surface area contributed by atoms with Gasteiger partial charge in [0.05, 0.1) is 4.90 Å². The van der Waals surface area contributed by atoms with Gasteiger partial charge in [0.15, 0.2) is 0 Å². The highest BCUT2D eigenvalue weighted by atomic mass is 32.2. The zero-order valence-corrected chi connectivity index (χ0v) is 18.2. The zero-order valence-electron chi connectivity index (χ0n) is 17.4. The molecule has 1 saturated heterocycles. The summed E-state index contributed by atoms with van der Waals surface area (Å²) in [4.78, 5) is 16.8. The van der Waals surface area contributed by atoms with E-state index in [1.165, 1.54) is 15.3 Å². The first-order valence-electron chi connectivity index (χ1n) is 10.2. The lowest BCUT2D eigenvalue weighted by molar-refractivity contribution is 0.0993. The van der Waals surface area contributed by atoms with Gasteiger partial charge in [0, 0.05) is 50.2 Å². The molecule has 0 unspecified atom stereocenters. The number of amides is 1. The third-order valence-electron chi connectivity index (χ3n) is 5.53. The Labute approximate surface area is 183 Å². The van der Waals surface area contributed by atoms with Crippen molar-refractivity contribution < 1.29 is 13.2 Å². The summed E-state index contributed by atoms with van der Waals surface area (Å²) >= 11 is 0. The fourth-order valence-electron chi connectivity index (χ4n) is 3.73. The molecule has 0 bridgehead atoms. The lowest BCUT2D eigenvalue weighted by atomic mass is 10.2. The predicted octanol–water partition coefficient (Wildman–Crippen LogP) is 3.47. The smallest absolute Gasteiger partial charge is 0.258 e. The van der Waals surface area contributed by atoms with E-state index in [4.69, 9.17) is 0 Å². The molecule has 3 aromatic rings. The van der Waals surface area contributed by atoms with E-state index in [9.17, 15) is 13.2 Å². The lowest BCUT2D eigenvalue weighted by Gasteiger charge is -2.35. The maximum Gasteiger partial charge on any atom is 0.258 e. The van der Waals surface area contributed by atoms with Crippen LogP contribution < -0.4 is 9.80 Å². The number of nitrogens with zero attached hydrogens (tertiary/aromatic N) is 3. The number of hydrogen-bond donors (Lipinski definition) is 0. The van der Waals surface area contributed by atoms with E-state index in [0.717, 1.165) is 11.4 Å². The standard InChI is InChI=1S/C24H25N3O3S/c1-25(21-10-4-2-5-11-21)24(28)20-9-8-14-23(19-20)31(29,30)27-17-15-26(16-18-27)22-12-6-3-7-13-22/h2-14,19H,15-18H2,1H3. The van der Waals surface area contributed by atoms with Crippen molar-refractivity contribution in [3.63, 3.8) is 0 Å². The van der Waals surface area contributed by atoms with Crippen molar-refractivity contribution in [1.82, 2.24) is 4.31 Å². The minimum atomic E-state index is -3.68. The fraction of sp³-hybridized carbons (Fsp3) is 0.208. The highest BCUT2D eigenvalue weighted by Crippen LogP contribution is 2.23. The van der Waals surface area contributed by atoms with Crippen LogP contribution in [0.25, 0.3) is 0 Å². The van der Waals surface area contributed by atoms with E-state index in [1.54, 1.807) is 25.2 Å². The van der Waals surface area contributed by atoms with E-state index in [0.29, 0.717) is 31.7 Å². The summed E-state index contributed by atoms with van der Waals surface area (Å²) in [5, 5.41) is 0. The SMILES string of the molecule is CN(C(=O)c1cccc(S(=O)(=O)N2CCN(c3ccccc3)CC2)c1)c1ccccc1. The second-order valence-electron chi connectivity index (χ2n) is 7.45. The monoisotopic (exact) mass is 435 g/mol. The Balaban J connectivity index is 1.50. The number of hydrogen-bond acceptors (Lipinski definition) is 4. The van der Waals surface area contributed by atoms with Gasteiger partial charge in [-0.2, -0.15) is 4.31 Å². The van der Waals surface area contributed by atoms with Crippen molar-refractivity contribution in [2.45, 2.75) is 4.90 Å². The number of anilines is 2. The van der Waals surface area contributed by atoms with E-state index in [1.807, 2.05) is 60.7 Å². The average molecular weight is 436 g/mol. The first kappa shape index (κ1) is 21.1. The van der Waals surface area contributed by atoms with Gasteiger partial charge in [-0.3, -0.25) is 4.79 Å². The average Bonchev–Trinajstić information content (AvgIpc) is 2.84. The lowest BCUT2D eigenvalue weighted by Crippen LogP contribution is -2.48. The van der Waals surface area contributed by atoms with Gasteiger partial charge in [-0.1, -0.05) is 42.5 Å². The molecule has 0 N–H and O–H groups in total. The molecule has 6 nitrogen and oxygen atoms in total. The van der Waals surface area contributed by atoms with Crippen molar-refractivity contribution in [3.8, 4) is 0 Å². The molecule has 1 amide bonds. The molecule has 7 heteroatoms. The summed E-state index contributed by atoms with van der Waals surface area (Å²) in [6, 6.07) is 25.6. The Morgan fingerprint density at radius 1 is 0.806 bits per heavy atom. The summed E-state index contributed by atoms with van der Waals surface area (Å²) in [6.45, 7) is 2.05. The number of rotatable bonds is 5. The Kier molecular flexibility index (Phi) is 6.06. The molecule has 1 fully saturated rings. The molecule has 31 heavy (non-hydrogen) atoms. The predicted molar refractivity (Wildman–Crippen MR) is 123 cm³/mol. The minimum Gasteiger partial charge on any atom is -0.369 e. The molecule has 1 heterocycles. The summed E-state index contributed by atoms with van der Waals surface area (Å²) in [5.74, 6) is -0.253. The normalized spacial score (nSPS) is 14.9. The van der Waals surface area contributed by atoms with E-state index in [-0.39, 0.29) is 10.8 Å². The zero-order chi connectivity index (χ0) is 21.8. The van der Waals surface area contributed by atoms with Crippen LogP contribution in [-0.4, -0.2) is 51.9 Å². The third kappa shape index (κ3) is 4.47. The van der Waals surface area contributed by atoms with Crippen molar-refractivity contribution in [1.29, 1.82) is 0 Å². The summed E-state index contributed by atoms with van der Waals surface area (Å²) < 4.78 is 28.0. The Morgan fingerprint density at radius 2 is 1.42 bits per heavy atom. The molecule has 0 aliphatic carbocycles. The van der Waals surface area contributed by atoms with Gasteiger partial charge >= 0.3 is 0 Å². The summed E-state index contributed by atoms with van der Waals surface area (Å²) in [6.07, 6.45) is 0. The first-order chi connectivity index (χ1) is 15.0. The van der Waals surface area contributed by atoms with Crippen LogP contribution >= 0.6 is 0 Å². The van der Waals surface area contributed by atoms with Crippen LogP contribution in [0.3, 0.4) is 0 Å². The van der Waals surface area contributed by atoms with Crippen molar-refractivity contribution >= 4 is 27.3 Å². The topological polar surface area (TPSA) is 60.9 Å². The van der Waals surface area contributed by atoms with Crippen molar-refractivity contribution in [3.05, 3.63) is 90.5 Å². The number of carbonyl (C=O) groups is 1. The molecular formula is C24H25N3O3S. The largest absolute Gasteiger partial charge is 0.369 e. The van der Waals surface area contributed by atoms with Crippen LogP contribution in [0.15, 0.2) is 89.8 Å². The molecule has 0 radical (unpaired) electrons. The Bertz CT molecular complexity index is 1140. The van der Waals surface area contributed by atoms with Crippen LogP contribution in [0.4, 0.5) is 11.4 Å². The molecular weight excluding hydrogens is 410 g/mol. The molecule has 1 aliphatic heterocycles. The maximum absolute atomic E-state index is 13.2. The molecule has 0 aromatic heterocycles. The van der Waals surface area contributed by atoms with E-state index < -0.39 is 10.0 Å². The number of carbonyl (C=O) groups excluding carboxylic acids is 1. The van der Waals surface area contributed by atoms with E-state index >= 15 is 0 Å². The van der Waals surface area contributed by atoms with E-state index in [2.05, 4.69) is 4.90 Å². The molecule has 0 saturated carbocycles. The van der Waals surface area contributed by atoms with Crippen LogP contribution in [-0.2, 0) is 10.0 Å². The van der Waals surface area contributed by atoms with Gasteiger partial charge in [-0.05, 0) is 42.5 Å². The second kappa shape index (κ2) is 8.91. The van der Waals surface area contributed by atoms with Crippen LogP contribution in [0.2, 0.25) is 0 Å². The van der Waals surface area contributed by atoms with Gasteiger partial charge < -0.3 is 9.80 Å². The molecule has 160 valence electrons. The van der Waals surface area contributed by atoms with Crippen LogP contribution in [0.5, 0.6) is 0 Å². The molecule has 0 spiro atoms.